The van der Waals surface area contributed by atoms with Gasteiger partial charge in [-0.1, -0.05) is 44.7 Å². The Morgan fingerprint density at radius 2 is 1.96 bits per heavy atom. The molecule has 3 rings (SSSR count). The number of thioether (sulfide) groups is 1. The van der Waals surface area contributed by atoms with Crippen LogP contribution in [0.4, 0.5) is 5.69 Å². The molecule has 3 aromatic rings. The lowest BCUT2D eigenvalue weighted by Gasteiger charge is -2.19. The van der Waals surface area contributed by atoms with Crippen LogP contribution in [-0.4, -0.2) is 30.7 Å². The molecule has 0 aliphatic carbocycles. The summed E-state index contributed by atoms with van der Waals surface area (Å²) in [5.74, 6) is 0.440. The van der Waals surface area contributed by atoms with E-state index in [0.29, 0.717) is 10.9 Å². The largest absolute Gasteiger partial charge is 0.325 e. The molecule has 130 valence electrons. The first-order chi connectivity index (χ1) is 11.8. The Hall–Kier alpha value is -2.41. The van der Waals surface area contributed by atoms with Gasteiger partial charge in [-0.05, 0) is 36.1 Å². The molecule has 25 heavy (non-hydrogen) atoms. The zero-order valence-corrected chi connectivity index (χ0v) is 15.5. The van der Waals surface area contributed by atoms with E-state index < -0.39 is 0 Å². The lowest BCUT2D eigenvalue weighted by Crippen LogP contribution is -2.22. The summed E-state index contributed by atoms with van der Waals surface area (Å²) >= 11 is 1.31. The Labute approximate surface area is 151 Å². The molecule has 1 amide bonds. The number of rotatable bonds is 4. The summed E-state index contributed by atoms with van der Waals surface area (Å²) in [6.45, 7) is 8.32. The minimum absolute atomic E-state index is 0.0830. The first kappa shape index (κ1) is 17.4. The number of anilines is 1. The molecule has 1 aromatic carbocycles. The molecule has 2 heterocycles. The minimum Gasteiger partial charge on any atom is -0.325 e. The van der Waals surface area contributed by atoms with Gasteiger partial charge < -0.3 is 5.32 Å². The van der Waals surface area contributed by atoms with Gasteiger partial charge in [-0.3, -0.25) is 4.79 Å². The van der Waals surface area contributed by atoms with E-state index in [-0.39, 0.29) is 16.6 Å². The third-order valence-electron chi connectivity index (χ3n) is 3.77. The number of benzene rings is 1. The second kappa shape index (κ2) is 6.84. The van der Waals surface area contributed by atoms with Crippen molar-refractivity contribution >= 4 is 29.1 Å². The Kier molecular flexibility index (Phi) is 4.76. The maximum atomic E-state index is 12.4. The maximum Gasteiger partial charge on any atom is 0.253 e. The predicted octanol–water partition coefficient (Wildman–Crippen LogP) is 3.54. The third-order valence-corrected chi connectivity index (χ3v) is 4.72. The highest BCUT2D eigenvalue weighted by Crippen LogP contribution is 2.25. The molecular weight excluding hydrogens is 334 g/mol. The van der Waals surface area contributed by atoms with Crippen molar-refractivity contribution in [3.63, 3.8) is 0 Å². The van der Waals surface area contributed by atoms with Crippen molar-refractivity contribution in [2.45, 2.75) is 43.5 Å². The molecule has 1 N–H and O–H groups in total. The summed E-state index contributed by atoms with van der Waals surface area (Å²) in [6.07, 6.45) is 3.44. The van der Waals surface area contributed by atoms with Gasteiger partial charge in [-0.15, -0.1) is 5.10 Å². The van der Waals surface area contributed by atoms with E-state index in [1.165, 1.54) is 17.3 Å². The molecule has 0 bridgehead atoms. The van der Waals surface area contributed by atoms with Crippen LogP contribution in [0.3, 0.4) is 0 Å². The van der Waals surface area contributed by atoms with Crippen LogP contribution in [0.2, 0.25) is 0 Å². The van der Waals surface area contributed by atoms with E-state index in [4.69, 9.17) is 0 Å². The number of nitrogens with one attached hydrogen (secondary N) is 1. The van der Waals surface area contributed by atoms with Gasteiger partial charge in [0.05, 0.1) is 5.25 Å². The molecule has 1 unspecified atom stereocenters. The van der Waals surface area contributed by atoms with Crippen LogP contribution in [-0.2, 0) is 10.2 Å². The monoisotopic (exact) mass is 355 g/mol. The van der Waals surface area contributed by atoms with Crippen molar-refractivity contribution in [2.75, 3.05) is 5.32 Å². The molecule has 0 spiro atoms. The molecule has 0 fully saturated rings. The fraction of sp³-hybridized carbons (Fsp3) is 0.333. The van der Waals surface area contributed by atoms with E-state index in [1.54, 1.807) is 23.0 Å². The number of fused-ring (bicyclic) bond motifs is 1. The number of carbonyl (C=O) groups is 1. The van der Waals surface area contributed by atoms with Crippen LogP contribution in [0.15, 0.2) is 47.9 Å². The first-order valence-corrected chi connectivity index (χ1v) is 8.96. The van der Waals surface area contributed by atoms with Crippen molar-refractivity contribution in [3.8, 4) is 0 Å². The topological polar surface area (TPSA) is 72.2 Å². The van der Waals surface area contributed by atoms with Gasteiger partial charge in [-0.2, -0.15) is 4.98 Å². The lowest BCUT2D eigenvalue weighted by molar-refractivity contribution is -0.115. The molecule has 6 nitrogen and oxygen atoms in total. The fourth-order valence-corrected chi connectivity index (χ4v) is 3.02. The molecular formula is C18H21N5OS. The van der Waals surface area contributed by atoms with Crippen molar-refractivity contribution in [1.29, 1.82) is 0 Å². The van der Waals surface area contributed by atoms with E-state index >= 15 is 0 Å². The first-order valence-electron chi connectivity index (χ1n) is 8.08. The molecule has 0 aliphatic heterocycles. The van der Waals surface area contributed by atoms with Crippen molar-refractivity contribution in [2.24, 2.45) is 0 Å². The van der Waals surface area contributed by atoms with Gasteiger partial charge in [0.2, 0.25) is 11.1 Å². The number of carbonyl (C=O) groups excluding carboxylic acids is 1. The van der Waals surface area contributed by atoms with Crippen molar-refractivity contribution in [3.05, 3.63) is 48.3 Å². The highest BCUT2D eigenvalue weighted by Gasteiger charge is 2.18. The summed E-state index contributed by atoms with van der Waals surface area (Å²) in [5, 5.41) is 7.46. The highest BCUT2D eigenvalue weighted by molar-refractivity contribution is 8.00. The Morgan fingerprint density at radius 1 is 1.24 bits per heavy atom. The molecule has 1 atom stereocenters. The smallest absolute Gasteiger partial charge is 0.253 e. The fourth-order valence-electron chi connectivity index (χ4n) is 2.27. The number of hydrogen-bond donors (Lipinski definition) is 1. The summed E-state index contributed by atoms with van der Waals surface area (Å²) in [5.41, 5.74) is 2.11. The Morgan fingerprint density at radius 3 is 2.60 bits per heavy atom. The predicted molar refractivity (Wildman–Crippen MR) is 99.9 cm³/mol. The van der Waals surface area contributed by atoms with E-state index in [1.807, 2.05) is 31.2 Å². The Balaban J connectivity index is 1.64. The molecule has 2 aromatic heterocycles. The third kappa shape index (κ3) is 4.17. The van der Waals surface area contributed by atoms with Gasteiger partial charge in [-0.25, -0.2) is 9.50 Å². The summed E-state index contributed by atoms with van der Waals surface area (Å²) in [7, 11) is 0. The van der Waals surface area contributed by atoms with Crippen molar-refractivity contribution in [1.82, 2.24) is 19.6 Å². The highest BCUT2D eigenvalue weighted by atomic mass is 32.2. The Bertz CT molecular complexity index is 849. The van der Waals surface area contributed by atoms with Crippen LogP contribution in [0.25, 0.3) is 5.78 Å². The molecule has 0 saturated carbocycles. The quantitative estimate of drug-likeness (QED) is 0.725. The molecule has 7 heteroatoms. The standard InChI is InChI=1S/C18H21N5OS/c1-12(25-17-21-16-19-10-5-11-23(16)22-17)15(24)20-14-8-6-13(7-9-14)18(2,3)4/h5-12H,1-4H3,(H,20,24). The number of aromatic nitrogens is 4. The summed E-state index contributed by atoms with van der Waals surface area (Å²) in [4.78, 5) is 20.8. The van der Waals surface area contributed by atoms with Crippen LogP contribution in [0.5, 0.6) is 0 Å². The lowest BCUT2D eigenvalue weighted by atomic mass is 9.87. The maximum absolute atomic E-state index is 12.4. The number of nitrogens with zero attached hydrogens (tertiary/aromatic N) is 4. The summed E-state index contributed by atoms with van der Waals surface area (Å²) < 4.78 is 1.60. The van der Waals surface area contributed by atoms with Gasteiger partial charge >= 0.3 is 0 Å². The average Bonchev–Trinajstić information content (AvgIpc) is 2.96. The molecule has 0 saturated heterocycles. The number of hydrogen-bond acceptors (Lipinski definition) is 5. The van der Waals surface area contributed by atoms with E-state index in [0.717, 1.165) is 5.69 Å². The van der Waals surface area contributed by atoms with Crippen molar-refractivity contribution < 1.29 is 4.79 Å². The molecule has 0 aliphatic rings. The SMILES string of the molecule is CC(Sc1nc2ncccn2n1)C(=O)Nc1ccc(C(C)(C)C)cc1. The zero-order valence-electron chi connectivity index (χ0n) is 14.7. The van der Waals surface area contributed by atoms with Crippen LogP contribution in [0, 0.1) is 0 Å². The van der Waals surface area contributed by atoms with Gasteiger partial charge in [0.25, 0.3) is 5.78 Å². The number of amides is 1. The van der Waals surface area contributed by atoms with E-state index in [2.05, 4.69) is 41.2 Å². The normalized spacial score (nSPS) is 13.0. The van der Waals surface area contributed by atoms with Gasteiger partial charge in [0, 0.05) is 18.1 Å². The molecule has 0 radical (unpaired) electrons. The second-order valence-electron chi connectivity index (χ2n) is 6.84. The second-order valence-corrected chi connectivity index (χ2v) is 8.14. The average molecular weight is 355 g/mol. The zero-order chi connectivity index (χ0) is 18.0. The van der Waals surface area contributed by atoms with Crippen LogP contribution >= 0.6 is 11.8 Å². The van der Waals surface area contributed by atoms with Gasteiger partial charge in [0.1, 0.15) is 0 Å². The van der Waals surface area contributed by atoms with Gasteiger partial charge in [0.15, 0.2) is 0 Å². The van der Waals surface area contributed by atoms with Crippen LogP contribution in [0.1, 0.15) is 33.3 Å². The minimum atomic E-state index is -0.320. The summed E-state index contributed by atoms with van der Waals surface area (Å²) in [6, 6.07) is 9.74. The van der Waals surface area contributed by atoms with Crippen LogP contribution < -0.4 is 5.32 Å². The van der Waals surface area contributed by atoms with E-state index in [9.17, 15) is 4.79 Å².